The Hall–Kier alpha value is -2.10. The molecule has 2 aliphatic rings. The smallest absolute Gasteiger partial charge is 0.269 e. The van der Waals surface area contributed by atoms with Gasteiger partial charge in [0.05, 0.1) is 11.2 Å². The van der Waals surface area contributed by atoms with E-state index in [1.165, 1.54) is 18.4 Å². The summed E-state index contributed by atoms with van der Waals surface area (Å²) in [5, 5.41) is 7.93. The second-order valence-corrected chi connectivity index (χ2v) is 8.14. The minimum absolute atomic E-state index is 0.00718. The number of rotatable bonds is 4. The van der Waals surface area contributed by atoms with Crippen molar-refractivity contribution in [2.75, 3.05) is 0 Å². The lowest BCUT2D eigenvalue weighted by Crippen LogP contribution is -2.33. The van der Waals surface area contributed by atoms with Gasteiger partial charge in [0, 0.05) is 17.9 Å². The summed E-state index contributed by atoms with van der Waals surface area (Å²) < 4.78 is 1.90. The topological polar surface area (TPSA) is 46.9 Å². The van der Waals surface area contributed by atoms with E-state index < -0.39 is 0 Å². The Morgan fingerprint density at radius 2 is 1.92 bits per heavy atom. The summed E-state index contributed by atoms with van der Waals surface area (Å²) >= 11 is 0. The van der Waals surface area contributed by atoms with E-state index in [0.29, 0.717) is 17.5 Å². The van der Waals surface area contributed by atoms with Gasteiger partial charge < -0.3 is 5.32 Å². The quantitative estimate of drug-likeness (QED) is 0.930. The van der Waals surface area contributed by atoms with Gasteiger partial charge in [-0.25, -0.2) is 0 Å². The summed E-state index contributed by atoms with van der Waals surface area (Å²) in [7, 11) is 0. The predicted molar refractivity (Wildman–Crippen MR) is 94.3 cm³/mol. The second-order valence-electron chi connectivity index (χ2n) is 8.14. The predicted octanol–water partition coefficient (Wildman–Crippen LogP) is 3.80. The van der Waals surface area contributed by atoms with E-state index in [1.54, 1.807) is 0 Å². The summed E-state index contributed by atoms with van der Waals surface area (Å²) in [4.78, 5) is 12.8. The number of amides is 1. The Bertz CT molecular complexity index is 753. The Morgan fingerprint density at radius 3 is 2.54 bits per heavy atom. The lowest BCUT2D eigenvalue weighted by atomic mass is 10.1. The van der Waals surface area contributed by atoms with Crippen LogP contribution in [0.5, 0.6) is 0 Å². The molecule has 0 unspecified atom stereocenters. The Morgan fingerprint density at radius 1 is 1.21 bits per heavy atom. The van der Waals surface area contributed by atoms with Crippen LogP contribution in [0.25, 0.3) is 0 Å². The summed E-state index contributed by atoms with van der Waals surface area (Å²) in [6, 6.07) is 12.7. The maximum Gasteiger partial charge on any atom is 0.269 e. The molecule has 1 N–H and O–H groups in total. The Labute approximate surface area is 143 Å². The van der Waals surface area contributed by atoms with Crippen LogP contribution in [0.1, 0.15) is 73.6 Å². The lowest BCUT2D eigenvalue weighted by Gasteiger charge is -2.22. The molecular formula is C20H25N3O. The Kier molecular flexibility index (Phi) is 3.52. The molecule has 2 fully saturated rings. The summed E-state index contributed by atoms with van der Waals surface area (Å²) in [6.07, 6.45) is 3.41. The fourth-order valence-electron chi connectivity index (χ4n) is 3.32. The third-order valence-corrected chi connectivity index (χ3v) is 4.93. The Balaban J connectivity index is 1.51. The van der Waals surface area contributed by atoms with Gasteiger partial charge in [0.1, 0.15) is 5.69 Å². The van der Waals surface area contributed by atoms with Crippen LogP contribution in [0.3, 0.4) is 0 Å². The molecule has 1 aromatic heterocycles. The van der Waals surface area contributed by atoms with Crippen molar-refractivity contribution in [3.8, 4) is 0 Å². The van der Waals surface area contributed by atoms with E-state index in [4.69, 9.17) is 5.10 Å². The van der Waals surface area contributed by atoms with E-state index >= 15 is 0 Å². The van der Waals surface area contributed by atoms with Crippen LogP contribution >= 0.6 is 0 Å². The molecule has 0 radical (unpaired) electrons. The van der Waals surface area contributed by atoms with Gasteiger partial charge in [-0.15, -0.1) is 0 Å². The minimum Gasteiger partial charge on any atom is -0.347 e. The number of nitrogens with zero attached hydrogens (tertiary/aromatic N) is 2. The molecule has 2 aromatic rings. The monoisotopic (exact) mass is 323 g/mol. The third kappa shape index (κ3) is 2.97. The van der Waals surface area contributed by atoms with Crippen LogP contribution < -0.4 is 5.32 Å². The highest BCUT2D eigenvalue weighted by Gasteiger charge is 2.40. The molecule has 2 atom stereocenters. The SMILES string of the molecule is CC(C)(C)n1nc(C2CC2)cc1C(=O)N[C@H]1C[C@H]1c1ccccc1. The molecule has 24 heavy (non-hydrogen) atoms. The first-order chi connectivity index (χ1) is 11.4. The highest BCUT2D eigenvalue weighted by Crippen LogP contribution is 2.42. The van der Waals surface area contributed by atoms with Gasteiger partial charge in [-0.1, -0.05) is 30.3 Å². The van der Waals surface area contributed by atoms with E-state index in [0.717, 1.165) is 12.1 Å². The van der Waals surface area contributed by atoms with Crippen molar-refractivity contribution in [2.24, 2.45) is 0 Å². The number of hydrogen-bond donors (Lipinski definition) is 1. The van der Waals surface area contributed by atoms with Gasteiger partial charge in [0.15, 0.2) is 0 Å². The summed E-state index contributed by atoms with van der Waals surface area (Å²) in [6.45, 7) is 6.28. The normalized spacial score (nSPS) is 23.1. The van der Waals surface area contributed by atoms with Gasteiger partial charge in [-0.3, -0.25) is 9.48 Å². The summed E-state index contributed by atoms with van der Waals surface area (Å²) in [5.74, 6) is 1.01. The molecule has 1 amide bonds. The minimum atomic E-state index is -0.192. The number of nitrogens with one attached hydrogen (secondary N) is 1. The number of carbonyl (C=O) groups is 1. The van der Waals surface area contributed by atoms with Gasteiger partial charge in [0.25, 0.3) is 5.91 Å². The third-order valence-electron chi connectivity index (χ3n) is 4.93. The lowest BCUT2D eigenvalue weighted by molar-refractivity contribution is 0.0932. The van der Waals surface area contributed by atoms with Crippen LogP contribution in [0.4, 0.5) is 0 Å². The van der Waals surface area contributed by atoms with Crippen LogP contribution in [-0.4, -0.2) is 21.7 Å². The molecular weight excluding hydrogens is 298 g/mol. The molecule has 1 aromatic carbocycles. The zero-order chi connectivity index (χ0) is 16.9. The molecule has 2 saturated carbocycles. The standard InChI is InChI=1S/C20H25N3O/c1-20(2,3)23-18(12-16(22-23)14-9-10-14)19(24)21-17-11-15(17)13-7-5-4-6-8-13/h4-8,12,14-15,17H,9-11H2,1-3H3,(H,21,24)/t15-,17-/m0/s1. The maximum atomic E-state index is 12.8. The number of aromatic nitrogens is 2. The highest BCUT2D eigenvalue weighted by molar-refractivity contribution is 5.93. The fraction of sp³-hybridized carbons (Fsp3) is 0.500. The number of benzene rings is 1. The van der Waals surface area contributed by atoms with Crippen molar-refractivity contribution in [3.63, 3.8) is 0 Å². The van der Waals surface area contributed by atoms with Gasteiger partial charge in [0.2, 0.25) is 0 Å². The average Bonchev–Trinajstić information content (AvgIpc) is 3.46. The molecule has 0 saturated heterocycles. The molecule has 0 spiro atoms. The van der Waals surface area contributed by atoms with Gasteiger partial charge in [-0.2, -0.15) is 5.10 Å². The molecule has 4 heteroatoms. The van der Waals surface area contributed by atoms with Crippen molar-refractivity contribution >= 4 is 5.91 Å². The van der Waals surface area contributed by atoms with E-state index in [9.17, 15) is 4.79 Å². The van der Waals surface area contributed by atoms with Crippen molar-refractivity contribution in [3.05, 3.63) is 53.3 Å². The van der Waals surface area contributed by atoms with E-state index in [-0.39, 0.29) is 17.5 Å². The van der Waals surface area contributed by atoms with Gasteiger partial charge >= 0.3 is 0 Å². The molecule has 126 valence electrons. The largest absolute Gasteiger partial charge is 0.347 e. The average molecular weight is 323 g/mol. The fourth-order valence-corrected chi connectivity index (χ4v) is 3.32. The first kappa shape index (κ1) is 15.4. The van der Waals surface area contributed by atoms with E-state index in [2.05, 4.69) is 50.4 Å². The first-order valence-electron chi connectivity index (χ1n) is 8.90. The number of carbonyl (C=O) groups excluding carboxylic acids is 1. The molecule has 0 aliphatic heterocycles. The van der Waals surface area contributed by atoms with Gasteiger partial charge in [-0.05, 0) is 51.7 Å². The zero-order valence-corrected chi connectivity index (χ0v) is 14.6. The van der Waals surface area contributed by atoms with Crippen molar-refractivity contribution in [1.82, 2.24) is 15.1 Å². The first-order valence-corrected chi connectivity index (χ1v) is 8.90. The highest BCUT2D eigenvalue weighted by atomic mass is 16.2. The molecule has 0 bridgehead atoms. The van der Waals surface area contributed by atoms with Crippen molar-refractivity contribution in [2.45, 2.75) is 63.5 Å². The van der Waals surface area contributed by atoms with Crippen molar-refractivity contribution < 1.29 is 4.79 Å². The zero-order valence-electron chi connectivity index (χ0n) is 14.6. The van der Waals surface area contributed by atoms with E-state index in [1.807, 2.05) is 16.8 Å². The molecule has 1 heterocycles. The molecule has 4 rings (SSSR count). The number of hydrogen-bond acceptors (Lipinski definition) is 2. The summed E-state index contributed by atoms with van der Waals surface area (Å²) in [5.41, 5.74) is 2.89. The van der Waals surface area contributed by atoms with Crippen LogP contribution in [0.2, 0.25) is 0 Å². The maximum absolute atomic E-state index is 12.8. The molecule has 2 aliphatic carbocycles. The van der Waals surface area contributed by atoms with Crippen LogP contribution in [0.15, 0.2) is 36.4 Å². The van der Waals surface area contributed by atoms with Crippen molar-refractivity contribution in [1.29, 1.82) is 0 Å². The van der Waals surface area contributed by atoms with Crippen LogP contribution in [0, 0.1) is 0 Å². The van der Waals surface area contributed by atoms with Crippen LogP contribution in [-0.2, 0) is 5.54 Å². The molecule has 4 nitrogen and oxygen atoms in total. The second kappa shape index (κ2) is 5.47.